The Balaban J connectivity index is 4.10. The molecule has 56 valence electrons. The molecule has 0 fully saturated rings. The first-order chi connectivity index (χ1) is 5.77. The van der Waals surface area contributed by atoms with Crippen LogP contribution in [0.5, 0.6) is 0 Å². The van der Waals surface area contributed by atoms with E-state index in [2.05, 4.69) is 47.4 Å². The largest absolute Gasteiger partial charge is 0.285 e. The smallest absolute Gasteiger partial charge is 0.203 e. The maximum atomic E-state index is 10.3. The van der Waals surface area contributed by atoms with Gasteiger partial charge in [0.05, 0.1) is 0 Å². The predicted molar refractivity (Wildman–Crippen MR) is 47.5 cm³/mol. The quantitative estimate of drug-likeness (QED) is 0.369. The molecule has 1 nitrogen and oxygen atoms in total. The van der Waals surface area contributed by atoms with Crippen molar-refractivity contribution in [1.82, 2.24) is 0 Å². The summed E-state index contributed by atoms with van der Waals surface area (Å²) < 4.78 is 0. The Morgan fingerprint density at radius 3 is 1.92 bits per heavy atom. The van der Waals surface area contributed by atoms with Crippen molar-refractivity contribution in [3.63, 3.8) is 0 Å². The second kappa shape index (κ2) is 7.02. The Labute approximate surface area is 72.5 Å². The Hall–Kier alpha value is -2.09. The molecule has 0 aliphatic heterocycles. The van der Waals surface area contributed by atoms with E-state index in [-0.39, 0.29) is 5.78 Å². The van der Waals surface area contributed by atoms with Gasteiger partial charge in [-0.2, -0.15) is 0 Å². The van der Waals surface area contributed by atoms with Crippen LogP contribution in [0.2, 0.25) is 0 Å². The van der Waals surface area contributed by atoms with Crippen molar-refractivity contribution in [2.75, 3.05) is 0 Å². The summed E-state index contributed by atoms with van der Waals surface area (Å²) in [5.41, 5.74) is 0. The summed E-state index contributed by atoms with van der Waals surface area (Å²) in [6.45, 7) is 3.07. The summed E-state index contributed by atoms with van der Waals surface area (Å²) in [6, 6.07) is 0. The molecule has 0 unspecified atom stereocenters. The Kier molecular flexibility index (Phi) is 5.80. The van der Waals surface area contributed by atoms with Crippen LogP contribution in [-0.2, 0) is 4.79 Å². The third-order valence-corrected chi connectivity index (χ3v) is 0.676. The van der Waals surface area contributed by atoms with E-state index in [1.54, 1.807) is 6.92 Å². The molecule has 0 aliphatic carbocycles. The van der Waals surface area contributed by atoms with Crippen molar-refractivity contribution < 1.29 is 4.79 Å². The zero-order valence-corrected chi connectivity index (χ0v) is 6.91. The van der Waals surface area contributed by atoms with Crippen molar-refractivity contribution in [2.45, 2.75) is 13.8 Å². The summed E-state index contributed by atoms with van der Waals surface area (Å²) in [5.74, 6) is 19.3. The van der Waals surface area contributed by atoms with E-state index in [4.69, 9.17) is 0 Å². The summed E-state index contributed by atoms with van der Waals surface area (Å²) >= 11 is 0. The monoisotopic (exact) mass is 154 g/mol. The van der Waals surface area contributed by atoms with E-state index in [1.165, 1.54) is 6.92 Å². The van der Waals surface area contributed by atoms with Gasteiger partial charge >= 0.3 is 0 Å². The van der Waals surface area contributed by atoms with Crippen LogP contribution in [0, 0.1) is 47.4 Å². The standard InChI is InChI=1S/C11H6O/c1-3-4-5-6-7-8-9-10-11(2)12/h1-2H3. The summed E-state index contributed by atoms with van der Waals surface area (Å²) in [4.78, 5) is 10.3. The highest BCUT2D eigenvalue weighted by atomic mass is 16.1. The number of carbonyl (C=O) groups excluding carboxylic acids is 1. The average molecular weight is 154 g/mol. The van der Waals surface area contributed by atoms with Crippen LogP contribution in [-0.4, -0.2) is 5.78 Å². The number of carbonyl (C=O) groups is 1. The molecule has 0 atom stereocenters. The summed E-state index contributed by atoms with van der Waals surface area (Å²) in [5, 5.41) is 0. The van der Waals surface area contributed by atoms with Gasteiger partial charge in [-0.05, 0) is 48.4 Å². The molecular formula is C11H6O. The number of rotatable bonds is 0. The van der Waals surface area contributed by atoms with E-state index in [9.17, 15) is 4.79 Å². The van der Waals surface area contributed by atoms with Crippen LogP contribution in [0.25, 0.3) is 0 Å². The van der Waals surface area contributed by atoms with Crippen molar-refractivity contribution >= 4 is 5.78 Å². The topological polar surface area (TPSA) is 17.1 Å². The van der Waals surface area contributed by atoms with Crippen LogP contribution in [0.3, 0.4) is 0 Å². The maximum Gasteiger partial charge on any atom is 0.203 e. The molecule has 0 rings (SSSR count). The minimum atomic E-state index is -0.203. The number of hydrogen-bond acceptors (Lipinski definition) is 1. The molecule has 0 radical (unpaired) electrons. The zero-order chi connectivity index (χ0) is 9.23. The van der Waals surface area contributed by atoms with Crippen LogP contribution < -0.4 is 0 Å². The lowest BCUT2D eigenvalue weighted by Crippen LogP contribution is -1.78. The van der Waals surface area contributed by atoms with Gasteiger partial charge in [-0.15, -0.1) is 0 Å². The van der Waals surface area contributed by atoms with Gasteiger partial charge in [0.1, 0.15) is 0 Å². The number of ketones is 1. The fraction of sp³-hybridized carbons (Fsp3) is 0.182. The first-order valence-corrected chi connectivity index (χ1v) is 3.20. The number of Topliss-reactive ketones (excluding diaryl/α,β-unsaturated/α-hetero) is 1. The van der Waals surface area contributed by atoms with Gasteiger partial charge < -0.3 is 0 Å². The molecule has 0 amide bonds. The zero-order valence-electron chi connectivity index (χ0n) is 6.91. The van der Waals surface area contributed by atoms with Crippen LogP contribution in [0.4, 0.5) is 0 Å². The van der Waals surface area contributed by atoms with Gasteiger partial charge in [0.25, 0.3) is 0 Å². The molecule has 0 aliphatic rings. The Morgan fingerprint density at radius 1 is 0.917 bits per heavy atom. The van der Waals surface area contributed by atoms with Crippen molar-refractivity contribution in [1.29, 1.82) is 0 Å². The fourth-order valence-electron chi connectivity index (χ4n) is 0.307. The average Bonchev–Trinajstić information content (AvgIpc) is 2.02. The van der Waals surface area contributed by atoms with Gasteiger partial charge in [0.2, 0.25) is 5.78 Å². The summed E-state index contributed by atoms with van der Waals surface area (Å²) in [6.07, 6.45) is 0. The van der Waals surface area contributed by atoms with Gasteiger partial charge in [-0.3, -0.25) is 4.79 Å². The molecular weight excluding hydrogens is 148 g/mol. The molecule has 0 spiro atoms. The van der Waals surface area contributed by atoms with Crippen molar-refractivity contribution in [2.24, 2.45) is 0 Å². The van der Waals surface area contributed by atoms with E-state index in [1.807, 2.05) is 0 Å². The highest BCUT2D eigenvalue weighted by Gasteiger charge is 1.74. The van der Waals surface area contributed by atoms with Crippen LogP contribution in [0.1, 0.15) is 13.8 Å². The highest BCUT2D eigenvalue weighted by Crippen LogP contribution is 1.60. The molecule has 12 heavy (non-hydrogen) atoms. The molecule has 0 bridgehead atoms. The lowest BCUT2D eigenvalue weighted by Gasteiger charge is -1.62. The Bertz CT molecular complexity index is 397. The third kappa shape index (κ3) is 7.91. The second-order valence-electron chi connectivity index (χ2n) is 1.68. The van der Waals surface area contributed by atoms with Gasteiger partial charge in [0, 0.05) is 6.92 Å². The molecule has 0 saturated carbocycles. The van der Waals surface area contributed by atoms with E-state index >= 15 is 0 Å². The molecule has 0 aromatic carbocycles. The first kappa shape index (κ1) is 9.91. The lowest BCUT2D eigenvalue weighted by atomic mass is 10.4. The van der Waals surface area contributed by atoms with Crippen LogP contribution in [0.15, 0.2) is 0 Å². The Morgan fingerprint density at radius 2 is 1.42 bits per heavy atom. The molecule has 0 aromatic rings. The van der Waals surface area contributed by atoms with E-state index in [0.29, 0.717) is 0 Å². The van der Waals surface area contributed by atoms with Gasteiger partial charge in [-0.25, -0.2) is 0 Å². The van der Waals surface area contributed by atoms with E-state index in [0.717, 1.165) is 0 Å². The predicted octanol–water partition coefficient (Wildman–Crippen LogP) is 0.609. The fourth-order valence-corrected chi connectivity index (χ4v) is 0.307. The van der Waals surface area contributed by atoms with E-state index < -0.39 is 0 Å². The van der Waals surface area contributed by atoms with Crippen molar-refractivity contribution in [3.8, 4) is 47.4 Å². The molecule has 0 heterocycles. The first-order valence-electron chi connectivity index (χ1n) is 3.20. The van der Waals surface area contributed by atoms with Crippen molar-refractivity contribution in [3.05, 3.63) is 0 Å². The molecule has 0 aromatic heterocycles. The molecule has 0 saturated heterocycles. The van der Waals surface area contributed by atoms with Gasteiger partial charge in [0.15, 0.2) is 0 Å². The second-order valence-corrected chi connectivity index (χ2v) is 1.68. The molecule has 0 N–H and O–H groups in total. The summed E-state index contributed by atoms with van der Waals surface area (Å²) in [7, 11) is 0. The normalized spacial score (nSPS) is 4.83. The third-order valence-electron chi connectivity index (χ3n) is 0.676. The van der Waals surface area contributed by atoms with Gasteiger partial charge in [-0.1, -0.05) is 5.92 Å². The highest BCUT2D eigenvalue weighted by molar-refractivity contribution is 5.93. The van der Waals surface area contributed by atoms with Crippen LogP contribution >= 0.6 is 0 Å². The minimum absolute atomic E-state index is 0.203. The molecule has 1 heteroatoms. The number of hydrogen-bond donors (Lipinski definition) is 0. The minimum Gasteiger partial charge on any atom is -0.285 e. The SMILES string of the molecule is CC#CC#CC#CC#CC(C)=O. The maximum absolute atomic E-state index is 10.3. The lowest BCUT2D eigenvalue weighted by molar-refractivity contribution is -0.111.